The Kier molecular flexibility index (Phi) is 3.69. The SMILES string of the molecule is NC1CCCCC1CNCC1CC2CCC1O2. The number of nitrogens with two attached hydrogens (primary N) is 1. The summed E-state index contributed by atoms with van der Waals surface area (Å²) >= 11 is 0. The largest absolute Gasteiger partial charge is 0.375 e. The van der Waals surface area contributed by atoms with Crippen LogP contribution < -0.4 is 11.1 Å². The highest BCUT2D eigenvalue weighted by atomic mass is 16.5. The highest BCUT2D eigenvalue weighted by molar-refractivity contribution is 4.90. The van der Waals surface area contributed by atoms with E-state index in [9.17, 15) is 0 Å². The van der Waals surface area contributed by atoms with E-state index < -0.39 is 0 Å². The molecule has 2 heterocycles. The first-order valence-electron chi connectivity index (χ1n) is 7.44. The summed E-state index contributed by atoms with van der Waals surface area (Å²) in [5.74, 6) is 1.48. The number of fused-ring (bicyclic) bond motifs is 2. The van der Waals surface area contributed by atoms with Crippen molar-refractivity contribution in [2.75, 3.05) is 13.1 Å². The molecule has 0 amide bonds. The van der Waals surface area contributed by atoms with E-state index in [2.05, 4.69) is 5.32 Å². The Labute approximate surface area is 104 Å². The third-order valence-corrected chi connectivity index (χ3v) is 5.01. The van der Waals surface area contributed by atoms with Crippen LogP contribution in [-0.2, 0) is 4.74 Å². The summed E-state index contributed by atoms with van der Waals surface area (Å²) in [6.07, 6.45) is 10.3. The number of hydrogen-bond donors (Lipinski definition) is 2. The second kappa shape index (κ2) is 5.25. The Morgan fingerprint density at radius 1 is 1.00 bits per heavy atom. The molecule has 3 nitrogen and oxygen atoms in total. The molecule has 3 fully saturated rings. The first-order valence-corrected chi connectivity index (χ1v) is 7.44. The average Bonchev–Trinajstić information content (AvgIpc) is 2.94. The third kappa shape index (κ3) is 2.67. The van der Waals surface area contributed by atoms with E-state index in [1.807, 2.05) is 0 Å². The van der Waals surface area contributed by atoms with Gasteiger partial charge in [0.05, 0.1) is 12.2 Å². The molecule has 2 bridgehead atoms. The molecule has 5 unspecified atom stereocenters. The highest BCUT2D eigenvalue weighted by Crippen LogP contribution is 2.38. The second-order valence-corrected chi connectivity index (χ2v) is 6.24. The average molecular weight is 238 g/mol. The van der Waals surface area contributed by atoms with E-state index in [0.29, 0.717) is 24.2 Å². The lowest BCUT2D eigenvalue weighted by atomic mass is 9.84. The van der Waals surface area contributed by atoms with Gasteiger partial charge in [0, 0.05) is 18.5 Å². The number of rotatable bonds is 4. The van der Waals surface area contributed by atoms with Crippen LogP contribution in [0.1, 0.15) is 44.9 Å². The van der Waals surface area contributed by atoms with Crippen LogP contribution in [0.4, 0.5) is 0 Å². The van der Waals surface area contributed by atoms with E-state index in [1.54, 1.807) is 0 Å². The Bertz CT molecular complexity index is 257. The van der Waals surface area contributed by atoms with Gasteiger partial charge in [-0.3, -0.25) is 0 Å². The van der Waals surface area contributed by atoms with Gasteiger partial charge >= 0.3 is 0 Å². The van der Waals surface area contributed by atoms with Crippen LogP contribution in [0.3, 0.4) is 0 Å². The van der Waals surface area contributed by atoms with Gasteiger partial charge in [-0.25, -0.2) is 0 Å². The van der Waals surface area contributed by atoms with Crippen molar-refractivity contribution < 1.29 is 4.74 Å². The van der Waals surface area contributed by atoms with Gasteiger partial charge in [0.1, 0.15) is 0 Å². The molecular weight excluding hydrogens is 212 g/mol. The van der Waals surface area contributed by atoms with Crippen LogP contribution in [-0.4, -0.2) is 31.3 Å². The highest BCUT2D eigenvalue weighted by Gasteiger charge is 2.40. The van der Waals surface area contributed by atoms with Crippen molar-refractivity contribution in [2.24, 2.45) is 17.6 Å². The molecule has 3 rings (SSSR count). The molecule has 3 heteroatoms. The van der Waals surface area contributed by atoms with Crippen molar-refractivity contribution in [1.29, 1.82) is 0 Å². The molecule has 5 atom stereocenters. The normalized spacial score (nSPS) is 45.4. The fraction of sp³-hybridized carbons (Fsp3) is 1.00. The zero-order valence-corrected chi connectivity index (χ0v) is 10.7. The zero-order valence-electron chi connectivity index (χ0n) is 10.7. The van der Waals surface area contributed by atoms with Gasteiger partial charge in [-0.1, -0.05) is 12.8 Å². The van der Waals surface area contributed by atoms with E-state index in [0.717, 1.165) is 19.0 Å². The number of nitrogens with one attached hydrogen (secondary N) is 1. The van der Waals surface area contributed by atoms with Crippen molar-refractivity contribution in [3.05, 3.63) is 0 Å². The van der Waals surface area contributed by atoms with Gasteiger partial charge < -0.3 is 15.8 Å². The summed E-state index contributed by atoms with van der Waals surface area (Å²) in [4.78, 5) is 0. The summed E-state index contributed by atoms with van der Waals surface area (Å²) in [7, 11) is 0. The number of hydrogen-bond acceptors (Lipinski definition) is 3. The molecule has 0 radical (unpaired) electrons. The zero-order chi connectivity index (χ0) is 11.7. The molecule has 98 valence electrons. The van der Waals surface area contributed by atoms with E-state index in [1.165, 1.54) is 44.9 Å². The standard InChI is InChI=1S/C14H26N2O/c15-13-4-2-1-3-10(13)8-16-9-11-7-12-5-6-14(11)17-12/h10-14,16H,1-9,15H2. The maximum Gasteiger partial charge on any atom is 0.0621 e. The summed E-state index contributed by atoms with van der Waals surface area (Å²) in [5, 5.41) is 3.65. The lowest BCUT2D eigenvalue weighted by Crippen LogP contribution is -2.41. The smallest absolute Gasteiger partial charge is 0.0621 e. The predicted octanol–water partition coefficient (Wildman–Crippen LogP) is 1.66. The second-order valence-electron chi connectivity index (χ2n) is 6.24. The Morgan fingerprint density at radius 2 is 1.82 bits per heavy atom. The van der Waals surface area contributed by atoms with Crippen LogP contribution >= 0.6 is 0 Å². The number of ether oxygens (including phenoxy) is 1. The summed E-state index contributed by atoms with van der Waals surface area (Å²) < 4.78 is 5.88. The minimum atomic E-state index is 0.438. The fourth-order valence-electron chi connectivity index (χ4n) is 3.90. The van der Waals surface area contributed by atoms with Crippen molar-refractivity contribution in [1.82, 2.24) is 5.32 Å². The van der Waals surface area contributed by atoms with Gasteiger partial charge in [-0.15, -0.1) is 0 Å². The molecule has 0 aromatic heterocycles. The molecule has 0 aromatic carbocycles. The molecule has 1 saturated carbocycles. The predicted molar refractivity (Wildman–Crippen MR) is 68.8 cm³/mol. The minimum Gasteiger partial charge on any atom is -0.375 e. The molecule has 17 heavy (non-hydrogen) atoms. The van der Waals surface area contributed by atoms with E-state index in [4.69, 9.17) is 10.5 Å². The summed E-state index contributed by atoms with van der Waals surface area (Å²) in [6.45, 7) is 2.26. The topological polar surface area (TPSA) is 47.3 Å². The minimum absolute atomic E-state index is 0.438. The van der Waals surface area contributed by atoms with Gasteiger partial charge in [-0.05, 0) is 44.6 Å². The van der Waals surface area contributed by atoms with Gasteiger partial charge in [0.15, 0.2) is 0 Å². The van der Waals surface area contributed by atoms with Crippen LogP contribution in [0, 0.1) is 11.8 Å². The lowest BCUT2D eigenvalue weighted by molar-refractivity contribution is 0.0921. The first-order chi connectivity index (χ1) is 8.33. The Morgan fingerprint density at radius 3 is 2.53 bits per heavy atom. The van der Waals surface area contributed by atoms with Crippen LogP contribution in [0.2, 0.25) is 0 Å². The van der Waals surface area contributed by atoms with E-state index in [-0.39, 0.29) is 0 Å². The maximum absolute atomic E-state index is 6.17. The molecule has 2 aliphatic heterocycles. The Balaban J connectivity index is 1.37. The van der Waals surface area contributed by atoms with Crippen LogP contribution in [0.15, 0.2) is 0 Å². The lowest BCUT2D eigenvalue weighted by Gasteiger charge is -2.29. The van der Waals surface area contributed by atoms with Gasteiger partial charge in [0.25, 0.3) is 0 Å². The first kappa shape index (κ1) is 11.9. The molecular formula is C14H26N2O. The van der Waals surface area contributed by atoms with Crippen molar-refractivity contribution in [3.63, 3.8) is 0 Å². The molecule has 3 aliphatic rings. The third-order valence-electron chi connectivity index (χ3n) is 5.01. The molecule has 3 N–H and O–H groups in total. The van der Waals surface area contributed by atoms with Crippen molar-refractivity contribution >= 4 is 0 Å². The molecule has 2 saturated heterocycles. The molecule has 0 aromatic rings. The Hall–Kier alpha value is -0.120. The van der Waals surface area contributed by atoms with E-state index >= 15 is 0 Å². The van der Waals surface area contributed by atoms with Crippen molar-refractivity contribution in [3.8, 4) is 0 Å². The summed E-state index contributed by atoms with van der Waals surface area (Å²) in [6, 6.07) is 0.438. The maximum atomic E-state index is 6.17. The fourth-order valence-corrected chi connectivity index (χ4v) is 3.90. The summed E-state index contributed by atoms with van der Waals surface area (Å²) in [5.41, 5.74) is 6.17. The van der Waals surface area contributed by atoms with Crippen LogP contribution in [0.25, 0.3) is 0 Å². The monoisotopic (exact) mass is 238 g/mol. The van der Waals surface area contributed by atoms with Gasteiger partial charge in [-0.2, -0.15) is 0 Å². The van der Waals surface area contributed by atoms with Crippen LogP contribution in [0.5, 0.6) is 0 Å². The van der Waals surface area contributed by atoms with Crippen molar-refractivity contribution in [2.45, 2.75) is 63.2 Å². The molecule has 0 spiro atoms. The quantitative estimate of drug-likeness (QED) is 0.783. The molecule has 1 aliphatic carbocycles. The van der Waals surface area contributed by atoms with Gasteiger partial charge in [0.2, 0.25) is 0 Å².